The topological polar surface area (TPSA) is 105 Å². The zero-order chi connectivity index (χ0) is 20.6. The Morgan fingerprint density at radius 1 is 1.21 bits per heavy atom. The van der Waals surface area contributed by atoms with Gasteiger partial charge in [0.15, 0.2) is 0 Å². The van der Waals surface area contributed by atoms with Gasteiger partial charge in [0.2, 0.25) is 11.8 Å². The average molecular weight is 391 g/mol. The van der Waals surface area contributed by atoms with Crippen LogP contribution in [0.5, 0.6) is 0 Å². The van der Waals surface area contributed by atoms with E-state index >= 15 is 0 Å². The van der Waals surface area contributed by atoms with Gasteiger partial charge in [-0.1, -0.05) is 0 Å². The molecule has 0 bridgehead atoms. The lowest BCUT2D eigenvalue weighted by Gasteiger charge is -2.24. The zero-order valence-corrected chi connectivity index (χ0v) is 15.9. The molecule has 28 heavy (non-hydrogen) atoms. The molecule has 2 heterocycles. The van der Waals surface area contributed by atoms with Crippen molar-refractivity contribution in [3.63, 3.8) is 0 Å². The summed E-state index contributed by atoms with van der Waals surface area (Å²) in [6.07, 6.45) is -0.248. The van der Waals surface area contributed by atoms with E-state index in [0.717, 1.165) is 0 Å². The summed E-state index contributed by atoms with van der Waals surface area (Å²) < 4.78 is 19.8. The van der Waals surface area contributed by atoms with Crippen LogP contribution < -0.4 is 10.6 Å². The lowest BCUT2D eigenvalue weighted by Crippen LogP contribution is -2.52. The van der Waals surface area contributed by atoms with Crippen LogP contribution >= 0.6 is 0 Å². The van der Waals surface area contributed by atoms with Gasteiger partial charge in [0.1, 0.15) is 17.5 Å². The van der Waals surface area contributed by atoms with Crippen molar-refractivity contribution in [2.24, 2.45) is 0 Å². The Balaban J connectivity index is 1.72. The van der Waals surface area contributed by atoms with E-state index < -0.39 is 41.3 Å². The van der Waals surface area contributed by atoms with Crippen molar-refractivity contribution < 1.29 is 28.3 Å². The fourth-order valence-electron chi connectivity index (χ4n) is 3.12. The third kappa shape index (κ3) is 4.29. The van der Waals surface area contributed by atoms with E-state index in [4.69, 9.17) is 4.74 Å². The Morgan fingerprint density at radius 2 is 1.86 bits per heavy atom. The standard InChI is InChI=1S/C19H22FN3O5/c1-19(2,3)28-18(27)23-8-10-6-12(13(20)7-11(10)9-23)16(25)21-14-4-5-15(24)22-17(14)26/h6-7,14H,4-5,8-9H2,1-3H3,(H,21,25)(H,22,24,26)/t14-/m0/s1. The molecule has 0 aliphatic carbocycles. The zero-order valence-electron chi connectivity index (χ0n) is 15.9. The molecule has 1 aromatic carbocycles. The van der Waals surface area contributed by atoms with Gasteiger partial charge < -0.3 is 10.1 Å². The molecule has 0 saturated carbocycles. The van der Waals surface area contributed by atoms with E-state index in [1.165, 1.54) is 17.0 Å². The molecule has 1 fully saturated rings. The number of benzene rings is 1. The molecule has 0 spiro atoms. The smallest absolute Gasteiger partial charge is 0.410 e. The molecule has 4 amide bonds. The lowest BCUT2D eigenvalue weighted by atomic mass is 10.0. The first-order valence-corrected chi connectivity index (χ1v) is 8.97. The van der Waals surface area contributed by atoms with Gasteiger partial charge in [-0.25, -0.2) is 9.18 Å². The summed E-state index contributed by atoms with van der Waals surface area (Å²) in [5.41, 5.74) is 0.375. The number of fused-ring (bicyclic) bond motifs is 1. The van der Waals surface area contributed by atoms with Crippen LogP contribution in [-0.2, 0) is 27.4 Å². The molecule has 2 aliphatic rings. The maximum Gasteiger partial charge on any atom is 0.410 e. The largest absolute Gasteiger partial charge is 0.444 e. The third-order valence-electron chi connectivity index (χ3n) is 4.45. The number of rotatable bonds is 2. The highest BCUT2D eigenvalue weighted by Crippen LogP contribution is 2.27. The van der Waals surface area contributed by atoms with Gasteiger partial charge in [0, 0.05) is 19.5 Å². The van der Waals surface area contributed by atoms with Crippen molar-refractivity contribution in [2.75, 3.05) is 0 Å². The summed E-state index contributed by atoms with van der Waals surface area (Å²) in [6.45, 7) is 5.65. The molecule has 2 N–H and O–H groups in total. The van der Waals surface area contributed by atoms with Crippen LogP contribution in [0.25, 0.3) is 0 Å². The summed E-state index contributed by atoms with van der Waals surface area (Å²) in [7, 11) is 0. The number of halogens is 1. The maximum atomic E-state index is 14.5. The summed E-state index contributed by atoms with van der Waals surface area (Å²) in [4.78, 5) is 49.0. The molecule has 8 nitrogen and oxygen atoms in total. The second kappa shape index (κ2) is 7.21. The van der Waals surface area contributed by atoms with E-state index in [2.05, 4.69) is 10.6 Å². The molecular weight excluding hydrogens is 369 g/mol. The van der Waals surface area contributed by atoms with Crippen molar-refractivity contribution in [1.29, 1.82) is 0 Å². The molecule has 2 aliphatic heterocycles. The summed E-state index contributed by atoms with van der Waals surface area (Å²) in [6, 6.07) is 1.71. The average Bonchev–Trinajstić information content (AvgIpc) is 2.98. The Labute approximate surface area is 161 Å². The Bertz CT molecular complexity index is 862. The van der Waals surface area contributed by atoms with Gasteiger partial charge in [-0.3, -0.25) is 24.6 Å². The molecule has 1 saturated heterocycles. The second-order valence-electron chi connectivity index (χ2n) is 7.91. The van der Waals surface area contributed by atoms with Crippen LogP contribution in [0.3, 0.4) is 0 Å². The second-order valence-corrected chi connectivity index (χ2v) is 7.91. The normalized spacial score (nSPS) is 19.1. The molecular formula is C19H22FN3O5. The highest BCUT2D eigenvalue weighted by molar-refractivity contribution is 6.03. The molecule has 3 rings (SSSR count). The first kappa shape index (κ1) is 19.8. The van der Waals surface area contributed by atoms with Crippen molar-refractivity contribution in [1.82, 2.24) is 15.5 Å². The minimum Gasteiger partial charge on any atom is -0.444 e. The minimum absolute atomic E-state index is 0.105. The van der Waals surface area contributed by atoms with Gasteiger partial charge in [-0.15, -0.1) is 0 Å². The first-order chi connectivity index (χ1) is 13.0. The number of hydrogen-bond donors (Lipinski definition) is 2. The monoisotopic (exact) mass is 391 g/mol. The fourth-order valence-corrected chi connectivity index (χ4v) is 3.12. The van der Waals surface area contributed by atoms with Crippen LogP contribution in [0.15, 0.2) is 12.1 Å². The molecule has 1 atom stereocenters. The van der Waals surface area contributed by atoms with Crippen molar-refractivity contribution >= 4 is 23.8 Å². The number of imide groups is 1. The molecule has 1 aromatic rings. The quantitative estimate of drug-likeness (QED) is 0.746. The predicted molar refractivity (Wildman–Crippen MR) is 95.5 cm³/mol. The molecule has 150 valence electrons. The van der Waals surface area contributed by atoms with Crippen LogP contribution in [0.1, 0.15) is 55.1 Å². The molecule has 0 aromatic heterocycles. The molecule has 0 radical (unpaired) electrons. The van der Waals surface area contributed by atoms with Crippen LogP contribution in [0.4, 0.5) is 9.18 Å². The number of amides is 4. The summed E-state index contributed by atoms with van der Waals surface area (Å²) in [5, 5.41) is 4.59. The number of piperidine rings is 1. The highest BCUT2D eigenvalue weighted by atomic mass is 19.1. The number of ether oxygens (including phenoxy) is 1. The van der Waals surface area contributed by atoms with Gasteiger partial charge in [-0.2, -0.15) is 0 Å². The molecule has 9 heteroatoms. The van der Waals surface area contributed by atoms with Gasteiger partial charge in [-0.05, 0) is 50.5 Å². The lowest BCUT2D eigenvalue weighted by molar-refractivity contribution is -0.134. The highest BCUT2D eigenvalue weighted by Gasteiger charge is 2.31. The fraction of sp³-hybridized carbons (Fsp3) is 0.474. The Morgan fingerprint density at radius 3 is 2.46 bits per heavy atom. The Hall–Kier alpha value is -2.97. The number of nitrogens with one attached hydrogen (secondary N) is 2. The summed E-state index contributed by atoms with van der Waals surface area (Å²) >= 11 is 0. The van der Waals surface area contributed by atoms with Crippen molar-refractivity contribution in [3.05, 3.63) is 34.6 Å². The number of nitrogens with zero attached hydrogens (tertiary/aromatic N) is 1. The third-order valence-corrected chi connectivity index (χ3v) is 4.45. The Kier molecular flexibility index (Phi) is 5.10. The predicted octanol–water partition coefficient (Wildman–Crippen LogP) is 1.61. The number of carbonyl (C=O) groups excluding carboxylic acids is 4. The minimum atomic E-state index is -0.892. The van der Waals surface area contributed by atoms with Gasteiger partial charge >= 0.3 is 6.09 Å². The van der Waals surface area contributed by atoms with Crippen molar-refractivity contribution in [3.8, 4) is 0 Å². The summed E-state index contributed by atoms with van der Waals surface area (Å²) in [5.74, 6) is -2.50. The molecule has 0 unspecified atom stereocenters. The number of hydrogen-bond acceptors (Lipinski definition) is 5. The van der Waals surface area contributed by atoms with Crippen LogP contribution in [0.2, 0.25) is 0 Å². The van der Waals surface area contributed by atoms with E-state index in [0.29, 0.717) is 11.1 Å². The van der Waals surface area contributed by atoms with Crippen LogP contribution in [0, 0.1) is 5.82 Å². The van der Waals surface area contributed by atoms with E-state index in [-0.39, 0.29) is 31.5 Å². The van der Waals surface area contributed by atoms with E-state index in [1.54, 1.807) is 20.8 Å². The van der Waals surface area contributed by atoms with Gasteiger partial charge in [0.25, 0.3) is 5.91 Å². The van der Waals surface area contributed by atoms with Crippen molar-refractivity contribution in [2.45, 2.75) is 58.3 Å². The van der Waals surface area contributed by atoms with E-state index in [1.807, 2.05) is 0 Å². The van der Waals surface area contributed by atoms with Gasteiger partial charge in [0.05, 0.1) is 5.56 Å². The SMILES string of the molecule is CC(C)(C)OC(=O)N1Cc2cc(F)c(C(=O)N[C@H]3CCC(=O)NC3=O)cc2C1. The van der Waals surface area contributed by atoms with Crippen LogP contribution in [-0.4, -0.2) is 40.4 Å². The van der Waals surface area contributed by atoms with E-state index in [9.17, 15) is 23.6 Å². The number of carbonyl (C=O) groups is 4. The first-order valence-electron chi connectivity index (χ1n) is 8.97. The maximum absolute atomic E-state index is 14.5.